The second kappa shape index (κ2) is 12.0. The number of aryl methyl sites for hydroxylation is 1. The summed E-state index contributed by atoms with van der Waals surface area (Å²) in [7, 11) is 0. The lowest BCUT2D eigenvalue weighted by molar-refractivity contribution is 0.0944. The predicted octanol–water partition coefficient (Wildman–Crippen LogP) is 5.11. The summed E-state index contributed by atoms with van der Waals surface area (Å²) in [6.45, 7) is 8.25. The van der Waals surface area contributed by atoms with E-state index < -0.39 is 0 Å². The Morgan fingerprint density at radius 2 is 2.03 bits per heavy atom. The van der Waals surface area contributed by atoms with Crippen molar-refractivity contribution in [1.29, 1.82) is 5.41 Å². The minimum Gasteiger partial charge on any atom is -0.383 e. The molecule has 0 atom stereocenters. The molecule has 0 saturated carbocycles. The normalized spacial score (nSPS) is 11.1. The standard InChI is InChI=1S/C24H31ClN6OS/c1-4-21-23(31-14-19(25)7-10-22(31)29-21)24(32)28-13-18-5-8-20(9-6-18)27-11-12-30(16-26)33-15-17(2)3/h5-10,14,16-17,26-27H,4,11-13,15H2,1-3H3,(H,28,32). The van der Waals surface area contributed by atoms with Gasteiger partial charge in [0.1, 0.15) is 11.3 Å². The number of benzene rings is 1. The molecular formula is C24H31ClN6OS. The van der Waals surface area contributed by atoms with Crippen LogP contribution in [0.25, 0.3) is 5.65 Å². The number of hydrogen-bond donors (Lipinski definition) is 3. The Balaban J connectivity index is 1.53. The second-order valence-electron chi connectivity index (χ2n) is 8.10. The molecule has 3 N–H and O–H groups in total. The molecule has 0 aliphatic rings. The Morgan fingerprint density at radius 1 is 1.27 bits per heavy atom. The van der Waals surface area contributed by atoms with Crippen LogP contribution < -0.4 is 10.6 Å². The highest BCUT2D eigenvalue weighted by atomic mass is 35.5. The highest BCUT2D eigenvalue weighted by Gasteiger charge is 2.18. The van der Waals surface area contributed by atoms with E-state index in [-0.39, 0.29) is 5.91 Å². The number of imidazole rings is 1. The van der Waals surface area contributed by atoms with Gasteiger partial charge in [0.15, 0.2) is 0 Å². The Labute approximate surface area is 204 Å². The van der Waals surface area contributed by atoms with Crippen LogP contribution in [0.4, 0.5) is 5.69 Å². The number of rotatable bonds is 12. The van der Waals surface area contributed by atoms with Crippen molar-refractivity contribution in [3.8, 4) is 0 Å². The van der Waals surface area contributed by atoms with Gasteiger partial charge in [0, 0.05) is 37.3 Å². The van der Waals surface area contributed by atoms with Gasteiger partial charge in [-0.1, -0.05) is 44.5 Å². The number of hydrogen-bond acceptors (Lipinski definition) is 5. The molecule has 0 radical (unpaired) electrons. The third kappa shape index (κ3) is 6.88. The number of nitrogens with one attached hydrogen (secondary N) is 3. The molecule has 3 rings (SSSR count). The first-order valence-electron chi connectivity index (χ1n) is 11.1. The van der Waals surface area contributed by atoms with E-state index in [4.69, 9.17) is 17.0 Å². The molecule has 176 valence electrons. The zero-order valence-corrected chi connectivity index (χ0v) is 20.8. The number of pyridine rings is 1. The molecule has 0 aliphatic carbocycles. The van der Waals surface area contributed by atoms with Crippen LogP contribution in [0.1, 0.15) is 42.5 Å². The maximum atomic E-state index is 12.9. The molecule has 9 heteroatoms. The van der Waals surface area contributed by atoms with Gasteiger partial charge in [-0.15, -0.1) is 0 Å². The highest BCUT2D eigenvalue weighted by Crippen LogP contribution is 2.18. The predicted molar refractivity (Wildman–Crippen MR) is 138 cm³/mol. The number of aromatic nitrogens is 2. The first kappa shape index (κ1) is 24.9. The quantitative estimate of drug-likeness (QED) is 0.188. The van der Waals surface area contributed by atoms with E-state index in [9.17, 15) is 4.79 Å². The fraction of sp³-hybridized carbons (Fsp3) is 0.375. The van der Waals surface area contributed by atoms with Crippen molar-refractivity contribution in [3.05, 3.63) is 64.6 Å². The van der Waals surface area contributed by atoms with Crippen LogP contribution in [0, 0.1) is 11.3 Å². The van der Waals surface area contributed by atoms with Crippen molar-refractivity contribution in [2.24, 2.45) is 5.92 Å². The van der Waals surface area contributed by atoms with Gasteiger partial charge >= 0.3 is 0 Å². The van der Waals surface area contributed by atoms with Crippen molar-refractivity contribution < 1.29 is 4.79 Å². The van der Waals surface area contributed by atoms with E-state index in [1.165, 1.54) is 6.34 Å². The van der Waals surface area contributed by atoms with Crippen molar-refractivity contribution in [1.82, 2.24) is 19.0 Å². The smallest absolute Gasteiger partial charge is 0.270 e. The van der Waals surface area contributed by atoms with Gasteiger partial charge in [-0.2, -0.15) is 0 Å². The summed E-state index contributed by atoms with van der Waals surface area (Å²) in [6.07, 6.45) is 3.76. The SMILES string of the molecule is CCc1nc2ccc(Cl)cn2c1C(=O)NCc1ccc(NCCN(C=N)SCC(C)C)cc1. The summed E-state index contributed by atoms with van der Waals surface area (Å²) >= 11 is 7.80. The monoisotopic (exact) mass is 486 g/mol. The molecule has 7 nitrogen and oxygen atoms in total. The summed E-state index contributed by atoms with van der Waals surface area (Å²) in [6, 6.07) is 11.6. The van der Waals surface area contributed by atoms with Gasteiger partial charge in [-0.05, 0) is 54.1 Å². The van der Waals surface area contributed by atoms with E-state index in [0.717, 1.165) is 35.8 Å². The van der Waals surface area contributed by atoms with Crippen LogP contribution in [0.3, 0.4) is 0 Å². The molecular weight excluding hydrogens is 456 g/mol. The molecule has 0 bridgehead atoms. The van der Waals surface area contributed by atoms with Crippen LogP contribution >= 0.6 is 23.5 Å². The maximum absolute atomic E-state index is 12.9. The average molecular weight is 487 g/mol. The van der Waals surface area contributed by atoms with Gasteiger partial charge < -0.3 is 14.9 Å². The summed E-state index contributed by atoms with van der Waals surface area (Å²) in [5, 5.41) is 14.5. The van der Waals surface area contributed by atoms with Crippen molar-refractivity contribution in [2.75, 3.05) is 24.2 Å². The Bertz CT molecular complexity index is 1080. The second-order valence-corrected chi connectivity index (χ2v) is 9.60. The lowest BCUT2D eigenvalue weighted by atomic mass is 10.2. The molecule has 3 aromatic rings. The van der Waals surface area contributed by atoms with Crippen LogP contribution in [0.5, 0.6) is 0 Å². The molecule has 2 aromatic heterocycles. The number of halogens is 1. The minimum atomic E-state index is -0.172. The first-order chi connectivity index (χ1) is 15.9. The molecule has 33 heavy (non-hydrogen) atoms. The molecule has 1 amide bonds. The molecule has 1 aromatic carbocycles. The highest BCUT2D eigenvalue weighted by molar-refractivity contribution is 7.97. The number of nitrogens with zero attached hydrogens (tertiary/aromatic N) is 3. The molecule has 2 heterocycles. The Kier molecular flexibility index (Phi) is 9.03. The van der Waals surface area contributed by atoms with Gasteiger partial charge in [-0.3, -0.25) is 14.6 Å². The van der Waals surface area contributed by atoms with Gasteiger partial charge in [0.25, 0.3) is 5.91 Å². The average Bonchev–Trinajstić information content (AvgIpc) is 3.18. The zero-order valence-electron chi connectivity index (χ0n) is 19.3. The largest absolute Gasteiger partial charge is 0.383 e. The third-order valence-corrected chi connectivity index (χ3v) is 6.65. The van der Waals surface area contributed by atoms with Gasteiger partial charge in [-0.25, -0.2) is 4.98 Å². The molecule has 0 fully saturated rings. The number of carbonyl (C=O) groups is 1. The molecule has 0 saturated heterocycles. The summed E-state index contributed by atoms with van der Waals surface area (Å²) in [5.41, 5.74) is 4.00. The Morgan fingerprint density at radius 3 is 2.70 bits per heavy atom. The lowest BCUT2D eigenvalue weighted by Crippen LogP contribution is -2.25. The van der Waals surface area contributed by atoms with Crippen LogP contribution in [0.2, 0.25) is 5.02 Å². The maximum Gasteiger partial charge on any atom is 0.270 e. The van der Waals surface area contributed by atoms with E-state index in [1.54, 1.807) is 28.6 Å². The first-order valence-corrected chi connectivity index (χ1v) is 12.4. The number of amides is 1. The number of fused-ring (bicyclic) bond motifs is 1. The van der Waals surface area contributed by atoms with Crippen LogP contribution in [-0.2, 0) is 13.0 Å². The van der Waals surface area contributed by atoms with Crippen LogP contribution in [-0.4, -0.2) is 44.8 Å². The van der Waals surface area contributed by atoms with Gasteiger partial charge in [0.2, 0.25) is 0 Å². The fourth-order valence-electron chi connectivity index (χ4n) is 3.28. The molecule has 0 spiro atoms. The Hall–Kier alpha value is -2.71. The van der Waals surface area contributed by atoms with E-state index in [2.05, 4.69) is 29.5 Å². The minimum absolute atomic E-state index is 0.172. The molecule has 0 unspecified atom stereocenters. The topological polar surface area (TPSA) is 85.5 Å². The van der Waals surface area contributed by atoms with E-state index in [1.807, 2.05) is 41.6 Å². The van der Waals surface area contributed by atoms with E-state index in [0.29, 0.717) is 35.2 Å². The van der Waals surface area contributed by atoms with Crippen molar-refractivity contribution in [2.45, 2.75) is 33.7 Å². The zero-order chi connectivity index (χ0) is 23.8. The van der Waals surface area contributed by atoms with Crippen LogP contribution in [0.15, 0.2) is 42.6 Å². The van der Waals surface area contributed by atoms with Crippen molar-refractivity contribution in [3.63, 3.8) is 0 Å². The summed E-state index contributed by atoms with van der Waals surface area (Å²) < 4.78 is 3.69. The van der Waals surface area contributed by atoms with Gasteiger partial charge in [0.05, 0.1) is 17.1 Å². The summed E-state index contributed by atoms with van der Waals surface area (Å²) in [5.74, 6) is 1.42. The molecule has 0 aliphatic heterocycles. The number of anilines is 1. The fourth-order valence-corrected chi connectivity index (χ4v) is 4.23. The number of carbonyl (C=O) groups excluding carboxylic acids is 1. The van der Waals surface area contributed by atoms with E-state index >= 15 is 0 Å². The van der Waals surface area contributed by atoms with Crippen molar-refractivity contribution >= 4 is 47.1 Å². The lowest BCUT2D eigenvalue weighted by Gasteiger charge is -2.19. The third-order valence-electron chi connectivity index (χ3n) is 4.99. The summed E-state index contributed by atoms with van der Waals surface area (Å²) in [4.78, 5) is 17.5.